The molecule has 0 bridgehead atoms. The van der Waals surface area contributed by atoms with Gasteiger partial charge in [-0.25, -0.2) is 10.3 Å². The number of benzene rings is 1. The minimum atomic E-state index is -0.653. The molecule has 0 aliphatic heterocycles. The fourth-order valence-corrected chi connectivity index (χ4v) is 1.27. The van der Waals surface area contributed by atoms with Gasteiger partial charge in [0, 0.05) is 0 Å². The molecular weight excluding hydrogens is 262 g/mol. The molecule has 0 aromatic heterocycles. The molecule has 1 amide bonds. The third-order valence-corrected chi connectivity index (χ3v) is 2.06. The third-order valence-electron chi connectivity index (χ3n) is 2.06. The first kappa shape index (κ1) is 17.9. The van der Waals surface area contributed by atoms with Gasteiger partial charge in [0.05, 0.1) is 13.2 Å². The van der Waals surface area contributed by atoms with Crippen LogP contribution in [0.4, 0.5) is 4.79 Å². The van der Waals surface area contributed by atoms with Crippen molar-refractivity contribution in [2.24, 2.45) is 0 Å². The van der Waals surface area contributed by atoms with E-state index in [0.717, 1.165) is 11.1 Å². The summed E-state index contributed by atoms with van der Waals surface area (Å²) in [4.78, 5) is 24.7. The summed E-state index contributed by atoms with van der Waals surface area (Å²) in [5, 5.41) is 0. The van der Waals surface area contributed by atoms with Crippen LogP contribution >= 0.6 is 0 Å². The summed E-state index contributed by atoms with van der Waals surface area (Å²) in [5.74, 6) is 0.550. The van der Waals surface area contributed by atoms with Crippen molar-refractivity contribution in [3.8, 4) is 5.75 Å². The number of hydrogen-bond donors (Lipinski definition) is 1. The van der Waals surface area contributed by atoms with Gasteiger partial charge in [0.15, 0.2) is 0 Å². The number of carbonyl (C=O) groups is 2. The lowest BCUT2D eigenvalue weighted by Crippen LogP contribution is -2.10. The molecule has 1 N–H and O–H groups in total. The molecular formula is C14H21NO5. The lowest BCUT2D eigenvalue weighted by Gasteiger charge is -2.07. The molecule has 0 saturated carbocycles. The minimum absolute atomic E-state index is 0.323. The Morgan fingerprint density at radius 3 is 2.40 bits per heavy atom. The Morgan fingerprint density at radius 1 is 1.25 bits per heavy atom. The SMILES string of the molecule is CCOC(=O)Oc1ccc(C)cc1C.CCONC=O. The topological polar surface area (TPSA) is 73.9 Å². The summed E-state index contributed by atoms with van der Waals surface area (Å²) < 4.78 is 9.65. The maximum Gasteiger partial charge on any atom is 0.513 e. The average Bonchev–Trinajstić information content (AvgIpc) is 2.41. The van der Waals surface area contributed by atoms with Crippen molar-refractivity contribution in [3.63, 3.8) is 0 Å². The highest BCUT2D eigenvalue weighted by Crippen LogP contribution is 2.18. The number of amides is 1. The van der Waals surface area contributed by atoms with Gasteiger partial charge < -0.3 is 9.47 Å². The van der Waals surface area contributed by atoms with E-state index in [9.17, 15) is 9.59 Å². The molecule has 0 fully saturated rings. The molecule has 20 heavy (non-hydrogen) atoms. The zero-order valence-corrected chi connectivity index (χ0v) is 12.3. The zero-order valence-electron chi connectivity index (χ0n) is 12.3. The van der Waals surface area contributed by atoms with E-state index in [0.29, 0.717) is 25.4 Å². The largest absolute Gasteiger partial charge is 0.513 e. The van der Waals surface area contributed by atoms with Gasteiger partial charge in [-0.15, -0.1) is 0 Å². The average molecular weight is 283 g/mol. The Hall–Kier alpha value is -2.08. The van der Waals surface area contributed by atoms with Crippen LogP contribution in [-0.2, 0) is 14.4 Å². The molecule has 0 unspecified atom stereocenters. The monoisotopic (exact) mass is 283 g/mol. The van der Waals surface area contributed by atoms with Crippen molar-refractivity contribution >= 4 is 12.6 Å². The highest BCUT2D eigenvalue weighted by molar-refractivity contribution is 5.64. The molecule has 1 aromatic rings. The Labute approximate surface area is 119 Å². The van der Waals surface area contributed by atoms with Gasteiger partial charge in [0.2, 0.25) is 6.41 Å². The molecule has 0 heterocycles. The first-order valence-corrected chi connectivity index (χ1v) is 6.27. The molecule has 6 nitrogen and oxygen atoms in total. The molecule has 0 spiro atoms. The van der Waals surface area contributed by atoms with Gasteiger partial charge in [-0.2, -0.15) is 0 Å². The lowest BCUT2D eigenvalue weighted by molar-refractivity contribution is -0.120. The van der Waals surface area contributed by atoms with Crippen LogP contribution in [0.2, 0.25) is 0 Å². The smallest absolute Gasteiger partial charge is 0.434 e. The number of hydrogen-bond acceptors (Lipinski definition) is 5. The number of rotatable bonds is 5. The molecule has 0 atom stereocenters. The van der Waals surface area contributed by atoms with E-state index >= 15 is 0 Å². The summed E-state index contributed by atoms with van der Waals surface area (Å²) in [6.45, 7) is 8.24. The van der Waals surface area contributed by atoms with Gasteiger partial charge in [-0.05, 0) is 39.3 Å². The number of aryl methyl sites for hydroxylation is 2. The van der Waals surface area contributed by atoms with Crippen molar-refractivity contribution in [1.82, 2.24) is 5.48 Å². The molecule has 1 rings (SSSR count). The van der Waals surface area contributed by atoms with Crippen molar-refractivity contribution in [2.45, 2.75) is 27.7 Å². The van der Waals surface area contributed by atoms with Crippen LogP contribution in [-0.4, -0.2) is 25.8 Å². The second-order valence-electron chi connectivity index (χ2n) is 3.72. The Bertz CT molecular complexity index is 420. The van der Waals surface area contributed by atoms with E-state index in [-0.39, 0.29) is 0 Å². The molecule has 112 valence electrons. The molecule has 1 aromatic carbocycles. The Morgan fingerprint density at radius 2 is 1.95 bits per heavy atom. The van der Waals surface area contributed by atoms with Crippen molar-refractivity contribution in [1.29, 1.82) is 0 Å². The van der Waals surface area contributed by atoms with Gasteiger partial charge in [-0.3, -0.25) is 9.63 Å². The quantitative estimate of drug-likeness (QED) is 0.295. The van der Waals surface area contributed by atoms with Crippen LogP contribution in [0, 0.1) is 13.8 Å². The zero-order chi connectivity index (χ0) is 15.4. The van der Waals surface area contributed by atoms with Crippen LogP contribution in [0.5, 0.6) is 5.75 Å². The van der Waals surface area contributed by atoms with E-state index in [4.69, 9.17) is 4.74 Å². The maximum absolute atomic E-state index is 11.0. The van der Waals surface area contributed by atoms with E-state index in [2.05, 4.69) is 9.57 Å². The highest BCUT2D eigenvalue weighted by Gasteiger charge is 2.06. The summed E-state index contributed by atoms with van der Waals surface area (Å²) in [7, 11) is 0. The summed E-state index contributed by atoms with van der Waals surface area (Å²) >= 11 is 0. The second kappa shape index (κ2) is 10.8. The van der Waals surface area contributed by atoms with E-state index in [1.54, 1.807) is 19.9 Å². The van der Waals surface area contributed by atoms with E-state index in [1.165, 1.54) is 0 Å². The van der Waals surface area contributed by atoms with E-state index < -0.39 is 6.16 Å². The first-order chi connectivity index (χ1) is 9.54. The predicted molar refractivity (Wildman–Crippen MR) is 74.4 cm³/mol. The van der Waals surface area contributed by atoms with Crippen LogP contribution in [0.3, 0.4) is 0 Å². The number of carbonyl (C=O) groups excluding carboxylic acids is 2. The van der Waals surface area contributed by atoms with Gasteiger partial charge >= 0.3 is 6.16 Å². The summed E-state index contributed by atoms with van der Waals surface area (Å²) in [5.41, 5.74) is 4.08. The number of nitrogens with one attached hydrogen (secondary N) is 1. The molecule has 0 aliphatic carbocycles. The molecule has 0 aliphatic rings. The van der Waals surface area contributed by atoms with Crippen LogP contribution in [0.1, 0.15) is 25.0 Å². The molecule has 0 radical (unpaired) electrons. The normalized spacial score (nSPS) is 9.00. The fraction of sp³-hybridized carbons (Fsp3) is 0.429. The second-order valence-corrected chi connectivity index (χ2v) is 3.72. The van der Waals surface area contributed by atoms with Crippen molar-refractivity contribution in [3.05, 3.63) is 29.3 Å². The first-order valence-electron chi connectivity index (χ1n) is 6.27. The molecule has 6 heteroatoms. The van der Waals surface area contributed by atoms with Gasteiger partial charge in [0.25, 0.3) is 0 Å². The standard InChI is InChI=1S/C11H14O3.C3H7NO2/c1-4-13-11(12)14-10-6-5-8(2)7-9(10)3;1-2-6-4-3-5/h5-7H,4H2,1-3H3;3H,2H2,1H3,(H,4,5). The summed E-state index contributed by atoms with van der Waals surface area (Å²) in [6.07, 6.45) is -0.164. The lowest BCUT2D eigenvalue weighted by atomic mass is 10.1. The van der Waals surface area contributed by atoms with Gasteiger partial charge in [-0.1, -0.05) is 17.7 Å². The number of hydroxylamine groups is 1. The third kappa shape index (κ3) is 8.10. The minimum Gasteiger partial charge on any atom is -0.434 e. The Balaban J connectivity index is 0.000000511. The van der Waals surface area contributed by atoms with Crippen molar-refractivity contribution in [2.75, 3.05) is 13.2 Å². The highest BCUT2D eigenvalue weighted by atomic mass is 16.7. The summed E-state index contributed by atoms with van der Waals surface area (Å²) in [6, 6.07) is 5.61. The fourth-order valence-electron chi connectivity index (χ4n) is 1.27. The van der Waals surface area contributed by atoms with E-state index in [1.807, 2.05) is 31.5 Å². The van der Waals surface area contributed by atoms with Crippen molar-refractivity contribution < 1.29 is 23.9 Å². The predicted octanol–water partition coefficient (Wildman–Crippen LogP) is 2.52. The Kier molecular flexibility index (Phi) is 9.68. The molecule has 0 saturated heterocycles. The number of ether oxygens (including phenoxy) is 2. The van der Waals surface area contributed by atoms with Crippen LogP contribution in [0.15, 0.2) is 18.2 Å². The maximum atomic E-state index is 11.0. The van der Waals surface area contributed by atoms with Crippen LogP contribution in [0.25, 0.3) is 0 Å². The van der Waals surface area contributed by atoms with Crippen LogP contribution < -0.4 is 10.2 Å². The van der Waals surface area contributed by atoms with Gasteiger partial charge in [0.1, 0.15) is 5.75 Å².